The summed E-state index contributed by atoms with van der Waals surface area (Å²) in [5.74, 6) is -1.22. The minimum Gasteiger partial charge on any atom is -0.480 e. The standard InChI is InChI=1S/C27H27N3O4/c1-17-5-3-6-18(2)24(17)29-27(34)28-22-14-12-20(13-15-22)19-8-10-21(11-9-19)25(31)30-16-4-7-23(30)26(32)33/h3,5-6,8-15,23H,4,7,16H2,1-2H3,(H,32,33)(H2,28,29,34)/t23-/m1/s1. The molecule has 1 aliphatic heterocycles. The van der Waals surface area contributed by atoms with E-state index in [4.69, 9.17) is 0 Å². The fourth-order valence-corrected chi connectivity index (χ4v) is 4.27. The van der Waals surface area contributed by atoms with Crippen LogP contribution in [0.5, 0.6) is 0 Å². The van der Waals surface area contributed by atoms with Gasteiger partial charge in [0.25, 0.3) is 5.91 Å². The predicted octanol–water partition coefficient (Wildman–Crippen LogP) is 5.30. The maximum atomic E-state index is 12.7. The normalized spacial score (nSPS) is 15.1. The molecule has 1 atom stereocenters. The molecule has 0 spiro atoms. The van der Waals surface area contributed by atoms with Crippen molar-refractivity contribution in [2.45, 2.75) is 32.7 Å². The largest absolute Gasteiger partial charge is 0.480 e. The zero-order valence-electron chi connectivity index (χ0n) is 19.2. The number of carboxylic acids is 1. The lowest BCUT2D eigenvalue weighted by Gasteiger charge is -2.21. The predicted molar refractivity (Wildman–Crippen MR) is 132 cm³/mol. The first kappa shape index (κ1) is 23.0. The number of nitrogens with zero attached hydrogens (tertiary/aromatic N) is 1. The number of carboxylic acid groups (broad SMARTS) is 1. The van der Waals surface area contributed by atoms with Gasteiger partial charge >= 0.3 is 12.0 Å². The number of nitrogens with one attached hydrogen (secondary N) is 2. The third kappa shape index (κ3) is 4.93. The molecule has 1 saturated heterocycles. The maximum absolute atomic E-state index is 12.7. The molecule has 7 heteroatoms. The van der Waals surface area contributed by atoms with E-state index in [9.17, 15) is 19.5 Å². The van der Waals surface area contributed by atoms with Crippen molar-refractivity contribution in [2.24, 2.45) is 0 Å². The number of carbonyl (C=O) groups excluding carboxylic acids is 2. The third-order valence-electron chi connectivity index (χ3n) is 6.13. The molecule has 0 bridgehead atoms. The van der Waals surface area contributed by atoms with Crippen LogP contribution in [0.3, 0.4) is 0 Å². The highest BCUT2D eigenvalue weighted by Crippen LogP contribution is 2.25. The summed E-state index contributed by atoms with van der Waals surface area (Å²) in [6.45, 7) is 4.36. The molecule has 0 aliphatic carbocycles. The number of para-hydroxylation sites is 1. The molecule has 34 heavy (non-hydrogen) atoms. The zero-order valence-corrected chi connectivity index (χ0v) is 19.2. The van der Waals surface area contributed by atoms with Gasteiger partial charge in [0.15, 0.2) is 0 Å². The molecule has 0 aromatic heterocycles. The minimum absolute atomic E-state index is 0.258. The maximum Gasteiger partial charge on any atom is 0.326 e. The van der Waals surface area contributed by atoms with Crippen molar-refractivity contribution < 1.29 is 19.5 Å². The fourth-order valence-electron chi connectivity index (χ4n) is 4.27. The Morgan fingerprint density at radius 3 is 2.03 bits per heavy atom. The first-order chi connectivity index (χ1) is 16.3. The number of carbonyl (C=O) groups is 3. The SMILES string of the molecule is Cc1cccc(C)c1NC(=O)Nc1ccc(-c2ccc(C(=O)N3CCC[C@@H]3C(=O)O)cc2)cc1. The van der Waals surface area contributed by atoms with E-state index in [1.165, 1.54) is 4.90 Å². The van der Waals surface area contributed by atoms with Gasteiger partial charge in [0, 0.05) is 23.5 Å². The second-order valence-corrected chi connectivity index (χ2v) is 8.50. The third-order valence-corrected chi connectivity index (χ3v) is 6.13. The number of rotatable bonds is 5. The van der Waals surface area contributed by atoms with Gasteiger partial charge in [-0.15, -0.1) is 0 Å². The Labute approximate surface area is 198 Å². The van der Waals surface area contributed by atoms with Gasteiger partial charge in [0.1, 0.15) is 6.04 Å². The molecule has 3 aromatic rings. The highest BCUT2D eigenvalue weighted by Gasteiger charge is 2.34. The Kier molecular flexibility index (Phi) is 6.63. The van der Waals surface area contributed by atoms with Crippen molar-refractivity contribution in [1.29, 1.82) is 0 Å². The van der Waals surface area contributed by atoms with E-state index in [2.05, 4.69) is 10.6 Å². The molecule has 0 saturated carbocycles. The lowest BCUT2D eigenvalue weighted by Crippen LogP contribution is -2.40. The van der Waals surface area contributed by atoms with Crippen molar-refractivity contribution in [3.63, 3.8) is 0 Å². The molecule has 1 aliphatic rings. The van der Waals surface area contributed by atoms with Crippen LogP contribution >= 0.6 is 0 Å². The molecule has 0 unspecified atom stereocenters. The van der Waals surface area contributed by atoms with Crippen LogP contribution in [-0.2, 0) is 4.79 Å². The molecule has 3 amide bonds. The van der Waals surface area contributed by atoms with Crippen LogP contribution in [0, 0.1) is 13.8 Å². The molecular formula is C27H27N3O4. The molecular weight excluding hydrogens is 430 g/mol. The average Bonchev–Trinajstić information content (AvgIpc) is 3.32. The van der Waals surface area contributed by atoms with E-state index >= 15 is 0 Å². The van der Waals surface area contributed by atoms with Gasteiger partial charge in [-0.05, 0) is 73.2 Å². The van der Waals surface area contributed by atoms with E-state index in [1.807, 2.05) is 68.4 Å². The van der Waals surface area contributed by atoms with Gasteiger partial charge < -0.3 is 20.6 Å². The Morgan fingerprint density at radius 2 is 1.44 bits per heavy atom. The van der Waals surface area contributed by atoms with Gasteiger partial charge in [-0.3, -0.25) is 4.79 Å². The quantitative estimate of drug-likeness (QED) is 0.484. The number of benzene rings is 3. The van der Waals surface area contributed by atoms with E-state index in [0.29, 0.717) is 30.6 Å². The van der Waals surface area contributed by atoms with Crippen LogP contribution in [0.15, 0.2) is 66.7 Å². The first-order valence-corrected chi connectivity index (χ1v) is 11.2. The van der Waals surface area contributed by atoms with Crippen molar-refractivity contribution in [3.8, 4) is 11.1 Å². The lowest BCUT2D eigenvalue weighted by molar-refractivity contribution is -0.141. The zero-order chi connectivity index (χ0) is 24.2. The van der Waals surface area contributed by atoms with Gasteiger partial charge in [-0.25, -0.2) is 9.59 Å². The van der Waals surface area contributed by atoms with Crippen molar-refractivity contribution in [2.75, 3.05) is 17.2 Å². The smallest absolute Gasteiger partial charge is 0.326 e. The van der Waals surface area contributed by atoms with Gasteiger partial charge in [-0.1, -0.05) is 42.5 Å². The van der Waals surface area contributed by atoms with E-state index in [1.54, 1.807) is 12.1 Å². The number of aliphatic carboxylic acids is 1. The summed E-state index contributed by atoms with van der Waals surface area (Å²) in [6.07, 6.45) is 1.19. The average molecular weight is 458 g/mol. The summed E-state index contributed by atoms with van der Waals surface area (Å²) in [7, 11) is 0. The van der Waals surface area contributed by atoms with Crippen LogP contribution in [0.1, 0.15) is 34.3 Å². The topological polar surface area (TPSA) is 98.7 Å². The highest BCUT2D eigenvalue weighted by atomic mass is 16.4. The number of aryl methyl sites for hydroxylation is 2. The molecule has 3 N–H and O–H groups in total. The monoisotopic (exact) mass is 457 g/mol. The molecule has 0 radical (unpaired) electrons. The minimum atomic E-state index is -0.959. The van der Waals surface area contributed by atoms with Crippen LogP contribution in [0.2, 0.25) is 0 Å². The molecule has 7 nitrogen and oxygen atoms in total. The van der Waals surface area contributed by atoms with Crippen LogP contribution < -0.4 is 10.6 Å². The van der Waals surface area contributed by atoms with E-state index in [0.717, 1.165) is 27.9 Å². The van der Waals surface area contributed by atoms with E-state index < -0.39 is 12.0 Å². The second-order valence-electron chi connectivity index (χ2n) is 8.50. The molecule has 1 fully saturated rings. The van der Waals surface area contributed by atoms with Crippen LogP contribution in [-0.4, -0.2) is 40.5 Å². The molecule has 1 heterocycles. The van der Waals surface area contributed by atoms with Crippen LogP contribution in [0.4, 0.5) is 16.2 Å². The summed E-state index contributed by atoms with van der Waals surface area (Å²) in [4.78, 5) is 38.0. The summed E-state index contributed by atoms with van der Waals surface area (Å²) < 4.78 is 0. The molecule has 3 aromatic carbocycles. The van der Waals surface area contributed by atoms with E-state index in [-0.39, 0.29) is 11.9 Å². The Morgan fingerprint density at radius 1 is 0.853 bits per heavy atom. The van der Waals surface area contributed by atoms with Crippen molar-refractivity contribution in [1.82, 2.24) is 4.90 Å². The van der Waals surface area contributed by atoms with Gasteiger partial charge in [-0.2, -0.15) is 0 Å². The lowest BCUT2D eigenvalue weighted by atomic mass is 10.0. The molecule has 4 rings (SSSR count). The highest BCUT2D eigenvalue weighted by molar-refractivity contribution is 6.01. The summed E-state index contributed by atoms with van der Waals surface area (Å²) in [5.41, 5.74) is 5.77. The number of hydrogen-bond acceptors (Lipinski definition) is 3. The molecule has 174 valence electrons. The number of hydrogen-bond donors (Lipinski definition) is 3. The summed E-state index contributed by atoms with van der Waals surface area (Å²) in [6, 6.07) is 19.3. The Hall–Kier alpha value is -4.13. The Balaban J connectivity index is 1.40. The second kappa shape index (κ2) is 9.79. The summed E-state index contributed by atoms with van der Waals surface area (Å²) >= 11 is 0. The van der Waals surface area contributed by atoms with Gasteiger partial charge in [0.05, 0.1) is 0 Å². The van der Waals surface area contributed by atoms with Crippen molar-refractivity contribution >= 4 is 29.3 Å². The number of likely N-dealkylation sites (tertiary alicyclic amines) is 1. The summed E-state index contributed by atoms with van der Waals surface area (Å²) in [5, 5.41) is 15.1. The fraction of sp³-hybridized carbons (Fsp3) is 0.222. The van der Waals surface area contributed by atoms with Gasteiger partial charge in [0.2, 0.25) is 0 Å². The van der Waals surface area contributed by atoms with Crippen molar-refractivity contribution in [3.05, 3.63) is 83.4 Å². The number of amides is 3. The first-order valence-electron chi connectivity index (χ1n) is 11.2. The number of urea groups is 1. The van der Waals surface area contributed by atoms with Crippen LogP contribution in [0.25, 0.3) is 11.1 Å². The number of anilines is 2. The Bertz CT molecular complexity index is 1200.